The van der Waals surface area contributed by atoms with Crippen molar-refractivity contribution in [2.75, 3.05) is 22.9 Å². The fourth-order valence-corrected chi connectivity index (χ4v) is 2.79. The van der Waals surface area contributed by atoms with Crippen molar-refractivity contribution in [2.45, 2.75) is 13.8 Å². The number of rotatable bonds is 6. The smallest absolute Gasteiger partial charge is 0.255 e. The van der Waals surface area contributed by atoms with Gasteiger partial charge in [0, 0.05) is 5.56 Å². The summed E-state index contributed by atoms with van der Waals surface area (Å²) in [4.78, 5) is 12.4. The van der Waals surface area contributed by atoms with Crippen LogP contribution in [0.5, 0.6) is 5.75 Å². The van der Waals surface area contributed by atoms with Crippen LogP contribution in [-0.2, 0) is 10.0 Å². The third kappa shape index (κ3) is 4.73. The quantitative estimate of drug-likeness (QED) is 0.840. The Balaban J connectivity index is 2.20. The number of sulfonamides is 1. The van der Waals surface area contributed by atoms with Crippen LogP contribution in [0.3, 0.4) is 0 Å². The van der Waals surface area contributed by atoms with E-state index in [1.54, 1.807) is 37.3 Å². The second-order valence-corrected chi connectivity index (χ2v) is 7.04. The molecule has 0 saturated heterocycles. The summed E-state index contributed by atoms with van der Waals surface area (Å²) in [6.07, 6.45) is 1.08. The molecule has 0 spiro atoms. The van der Waals surface area contributed by atoms with Gasteiger partial charge < -0.3 is 10.1 Å². The molecule has 128 valence electrons. The molecule has 24 heavy (non-hydrogen) atoms. The van der Waals surface area contributed by atoms with Crippen molar-refractivity contribution in [3.05, 3.63) is 53.6 Å². The zero-order valence-corrected chi connectivity index (χ0v) is 14.6. The first-order chi connectivity index (χ1) is 11.3. The maximum absolute atomic E-state index is 12.4. The van der Waals surface area contributed by atoms with Crippen molar-refractivity contribution >= 4 is 27.3 Å². The van der Waals surface area contributed by atoms with Gasteiger partial charge in [-0.1, -0.05) is 12.1 Å². The first-order valence-electron chi connectivity index (χ1n) is 7.42. The topological polar surface area (TPSA) is 84.5 Å². The first-order valence-corrected chi connectivity index (χ1v) is 9.31. The highest BCUT2D eigenvalue weighted by atomic mass is 32.2. The summed E-state index contributed by atoms with van der Waals surface area (Å²) in [6, 6.07) is 11.9. The van der Waals surface area contributed by atoms with E-state index < -0.39 is 10.0 Å². The van der Waals surface area contributed by atoms with E-state index in [-0.39, 0.29) is 5.91 Å². The summed E-state index contributed by atoms with van der Waals surface area (Å²) in [5.41, 5.74) is 2.12. The van der Waals surface area contributed by atoms with Crippen LogP contribution in [0.15, 0.2) is 42.5 Å². The number of carbonyl (C=O) groups is 1. The Morgan fingerprint density at radius 3 is 2.46 bits per heavy atom. The van der Waals surface area contributed by atoms with Crippen molar-refractivity contribution in [2.24, 2.45) is 0 Å². The number of amides is 1. The summed E-state index contributed by atoms with van der Waals surface area (Å²) in [5, 5.41) is 2.80. The number of ether oxygens (including phenoxy) is 1. The van der Waals surface area contributed by atoms with Gasteiger partial charge in [0.2, 0.25) is 10.0 Å². The lowest BCUT2D eigenvalue weighted by Gasteiger charge is -2.12. The van der Waals surface area contributed by atoms with Crippen molar-refractivity contribution < 1.29 is 17.9 Å². The molecule has 0 radical (unpaired) electrons. The molecule has 0 aliphatic rings. The Kier molecular flexibility index (Phi) is 5.46. The van der Waals surface area contributed by atoms with Crippen LogP contribution in [0, 0.1) is 6.92 Å². The van der Waals surface area contributed by atoms with Gasteiger partial charge in [-0.3, -0.25) is 9.52 Å². The highest BCUT2D eigenvalue weighted by Gasteiger charge is 2.12. The normalized spacial score (nSPS) is 11.0. The number of hydrogen-bond acceptors (Lipinski definition) is 4. The van der Waals surface area contributed by atoms with E-state index in [2.05, 4.69) is 10.0 Å². The Morgan fingerprint density at radius 2 is 1.83 bits per heavy atom. The van der Waals surface area contributed by atoms with Crippen LogP contribution >= 0.6 is 0 Å². The summed E-state index contributed by atoms with van der Waals surface area (Å²) in [7, 11) is -3.36. The Morgan fingerprint density at radius 1 is 1.12 bits per heavy atom. The minimum absolute atomic E-state index is 0.295. The molecule has 6 nitrogen and oxygen atoms in total. The third-order valence-corrected chi connectivity index (χ3v) is 3.81. The molecule has 0 bridgehead atoms. The number of benzene rings is 2. The van der Waals surface area contributed by atoms with E-state index in [9.17, 15) is 13.2 Å². The summed E-state index contributed by atoms with van der Waals surface area (Å²) in [5.74, 6) is 0.302. The number of anilines is 2. The van der Waals surface area contributed by atoms with Crippen LogP contribution in [0.1, 0.15) is 22.8 Å². The van der Waals surface area contributed by atoms with E-state index in [1.807, 2.05) is 19.1 Å². The van der Waals surface area contributed by atoms with Crippen LogP contribution in [0.2, 0.25) is 0 Å². The molecule has 0 aliphatic heterocycles. The van der Waals surface area contributed by atoms with Gasteiger partial charge in [0.05, 0.1) is 24.2 Å². The second-order valence-electron chi connectivity index (χ2n) is 5.29. The monoisotopic (exact) mass is 348 g/mol. The molecule has 7 heteroatoms. The van der Waals surface area contributed by atoms with E-state index >= 15 is 0 Å². The molecule has 2 aromatic carbocycles. The molecule has 0 unspecified atom stereocenters. The van der Waals surface area contributed by atoms with Gasteiger partial charge in [0.25, 0.3) is 5.91 Å². The fourth-order valence-electron chi connectivity index (χ4n) is 2.16. The van der Waals surface area contributed by atoms with Crippen molar-refractivity contribution in [1.29, 1.82) is 0 Å². The lowest BCUT2D eigenvalue weighted by Crippen LogP contribution is -2.14. The van der Waals surface area contributed by atoms with Crippen molar-refractivity contribution in [3.63, 3.8) is 0 Å². The molecule has 0 fully saturated rings. The minimum atomic E-state index is -3.36. The van der Waals surface area contributed by atoms with Crippen molar-refractivity contribution in [3.8, 4) is 5.75 Å². The molecule has 0 heterocycles. The Labute approximate surface area is 141 Å². The summed E-state index contributed by atoms with van der Waals surface area (Å²) in [6.45, 7) is 4.10. The highest BCUT2D eigenvalue weighted by Crippen LogP contribution is 2.25. The Bertz CT molecular complexity index is 847. The number of nitrogens with one attached hydrogen (secondary N) is 2. The van der Waals surface area contributed by atoms with E-state index in [0.717, 1.165) is 6.26 Å². The molecule has 0 saturated carbocycles. The van der Waals surface area contributed by atoms with Crippen LogP contribution in [0.4, 0.5) is 11.4 Å². The number of aryl methyl sites for hydroxylation is 1. The maximum atomic E-state index is 12.4. The predicted octanol–water partition coefficient (Wildman–Crippen LogP) is 3.02. The summed E-state index contributed by atoms with van der Waals surface area (Å²) >= 11 is 0. The lowest BCUT2D eigenvalue weighted by molar-refractivity contribution is 0.102. The average molecular weight is 348 g/mol. The van der Waals surface area contributed by atoms with Gasteiger partial charge in [-0.2, -0.15) is 0 Å². The molecular formula is C17H20N2O4S. The molecule has 0 aliphatic carbocycles. The Hall–Kier alpha value is -2.54. The number of carbonyl (C=O) groups excluding carboxylic acids is 1. The van der Waals surface area contributed by atoms with Gasteiger partial charge in [-0.15, -0.1) is 0 Å². The van der Waals surface area contributed by atoms with Gasteiger partial charge in [0.15, 0.2) is 0 Å². The molecule has 2 N–H and O–H groups in total. The molecule has 1 amide bonds. The molecule has 0 atom stereocenters. The van der Waals surface area contributed by atoms with E-state index in [4.69, 9.17) is 4.74 Å². The SMILES string of the molecule is CCOc1ccccc1NC(=O)c1ccc(NS(C)(=O)=O)c(C)c1. The minimum Gasteiger partial charge on any atom is -0.492 e. The van der Waals surface area contributed by atoms with Gasteiger partial charge >= 0.3 is 0 Å². The molecule has 0 aromatic heterocycles. The lowest BCUT2D eigenvalue weighted by atomic mass is 10.1. The molecule has 2 aromatic rings. The number of para-hydroxylation sites is 2. The second kappa shape index (κ2) is 7.35. The van der Waals surface area contributed by atoms with Crippen molar-refractivity contribution in [1.82, 2.24) is 0 Å². The molecular weight excluding hydrogens is 328 g/mol. The highest BCUT2D eigenvalue weighted by molar-refractivity contribution is 7.92. The van der Waals surface area contributed by atoms with Gasteiger partial charge in [-0.05, 0) is 49.7 Å². The summed E-state index contributed by atoms with van der Waals surface area (Å²) < 4.78 is 30.5. The van der Waals surface area contributed by atoms with Gasteiger partial charge in [0.1, 0.15) is 5.75 Å². The van der Waals surface area contributed by atoms with Crippen LogP contribution in [-0.4, -0.2) is 27.2 Å². The van der Waals surface area contributed by atoms with Crippen LogP contribution in [0.25, 0.3) is 0 Å². The van der Waals surface area contributed by atoms with E-state index in [1.165, 1.54) is 0 Å². The molecule has 2 rings (SSSR count). The fraction of sp³-hybridized carbons (Fsp3) is 0.235. The standard InChI is InChI=1S/C17H20N2O4S/c1-4-23-16-8-6-5-7-15(16)18-17(20)13-9-10-14(12(2)11-13)19-24(3,21)22/h5-11,19H,4H2,1-3H3,(H,18,20). The van der Waals surface area contributed by atoms with E-state index in [0.29, 0.717) is 34.9 Å². The van der Waals surface area contributed by atoms with Gasteiger partial charge in [-0.25, -0.2) is 8.42 Å². The van der Waals surface area contributed by atoms with Crippen LogP contribution < -0.4 is 14.8 Å². The zero-order chi connectivity index (χ0) is 17.7. The average Bonchev–Trinajstić information content (AvgIpc) is 2.50. The predicted molar refractivity (Wildman–Crippen MR) is 95.2 cm³/mol. The largest absolute Gasteiger partial charge is 0.492 e. The first kappa shape index (κ1) is 17.8. The maximum Gasteiger partial charge on any atom is 0.255 e. The zero-order valence-electron chi connectivity index (χ0n) is 13.8. The third-order valence-electron chi connectivity index (χ3n) is 3.22. The number of hydrogen-bond donors (Lipinski definition) is 2.